The first-order chi connectivity index (χ1) is 13.3. The van der Waals surface area contributed by atoms with Crippen LogP contribution in [0.3, 0.4) is 0 Å². The Balaban J connectivity index is 1.77. The molecule has 0 fully saturated rings. The van der Waals surface area contributed by atoms with E-state index in [1.165, 1.54) is 13.2 Å². The van der Waals surface area contributed by atoms with Gasteiger partial charge in [-0.15, -0.1) is 0 Å². The molecule has 1 aromatic heterocycles. The highest BCUT2D eigenvalue weighted by atomic mass is 19.1. The van der Waals surface area contributed by atoms with Crippen LogP contribution in [-0.4, -0.2) is 45.4 Å². The van der Waals surface area contributed by atoms with Crippen LogP contribution in [-0.2, 0) is 35.6 Å². The normalized spacial score (nSPS) is 14.0. The maximum atomic E-state index is 13.8. The third-order valence-electron chi connectivity index (χ3n) is 5.28. The van der Waals surface area contributed by atoms with E-state index >= 15 is 0 Å². The van der Waals surface area contributed by atoms with Gasteiger partial charge in [0.15, 0.2) is 0 Å². The molecule has 0 radical (unpaired) electrons. The maximum absolute atomic E-state index is 13.8. The first-order valence-corrected chi connectivity index (χ1v) is 9.16. The first kappa shape index (κ1) is 20.0. The number of halogens is 1. The van der Waals surface area contributed by atoms with Gasteiger partial charge in [0.2, 0.25) is 0 Å². The number of fused-ring (bicyclic) bond motifs is 1. The summed E-state index contributed by atoms with van der Waals surface area (Å²) in [6.07, 6.45) is 0.818. The van der Waals surface area contributed by atoms with Crippen LogP contribution in [0.15, 0.2) is 12.1 Å². The molecule has 1 aliphatic heterocycles. The van der Waals surface area contributed by atoms with E-state index in [2.05, 4.69) is 14.7 Å². The molecule has 3 rings (SSSR count). The van der Waals surface area contributed by atoms with Crippen LogP contribution in [0, 0.1) is 19.7 Å². The zero-order valence-electron chi connectivity index (χ0n) is 16.3. The second-order valence-corrected chi connectivity index (χ2v) is 7.06. The second kappa shape index (κ2) is 8.10. The summed E-state index contributed by atoms with van der Waals surface area (Å²) in [6, 6.07) is 2.52. The van der Waals surface area contributed by atoms with E-state index in [9.17, 15) is 19.1 Å². The Kier molecular flexibility index (Phi) is 5.79. The summed E-state index contributed by atoms with van der Waals surface area (Å²) in [7, 11) is 1.36. The lowest BCUT2D eigenvalue weighted by Gasteiger charge is -2.29. The largest absolute Gasteiger partial charge is 0.478 e. The molecule has 8 heteroatoms. The van der Waals surface area contributed by atoms with Gasteiger partial charge in [0.25, 0.3) is 0 Å². The fraction of sp³-hybridized carbons (Fsp3) is 0.450. The van der Waals surface area contributed by atoms with Gasteiger partial charge in [0.05, 0.1) is 31.3 Å². The van der Waals surface area contributed by atoms with Crippen molar-refractivity contribution in [3.05, 3.63) is 51.6 Å². The second-order valence-electron chi connectivity index (χ2n) is 7.06. The van der Waals surface area contributed by atoms with Crippen molar-refractivity contribution in [2.45, 2.75) is 46.3 Å². The Morgan fingerprint density at radius 3 is 2.75 bits per heavy atom. The Hall–Kier alpha value is -2.74. The monoisotopic (exact) mass is 389 g/mol. The van der Waals surface area contributed by atoms with Crippen molar-refractivity contribution < 1.29 is 23.8 Å². The molecule has 0 saturated heterocycles. The summed E-state index contributed by atoms with van der Waals surface area (Å²) >= 11 is 0. The Labute approximate surface area is 162 Å². The van der Waals surface area contributed by atoms with Crippen molar-refractivity contribution in [2.75, 3.05) is 13.7 Å². The van der Waals surface area contributed by atoms with Gasteiger partial charge in [-0.25, -0.2) is 9.18 Å². The highest BCUT2D eigenvalue weighted by Gasteiger charge is 2.24. The van der Waals surface area contributed by atoms with E-state index < -0.39 is 11.8 Å². The standard InChI is InChI=1S/C20H24FN3O4/c1-12-18(13(2)24(22-12)7-5-19(25)28-3)11-23-6-4-16-14(10-23)8-15(21)9-17(16)20(26)27/h8-9H,4-7,10-11H2,1-3H3,(H,26,27). The van der Waals surface area contributed by atoms with Gasteiger partial charge in [-0.3, -0.25) is 14.4 Å². The molecule has 2 heterocycles. The summed E-state index contributed by atoms with van der Waals surface area (Å²) in [5.41, 5.74) is 4.43. The molecule has 0 bridgehead atoms. The number of aromatic nitrogens is 2. The number of nitrogens with zero attached hydrogens (tertiary/aromatic N) is 3. The van der Waals surface area contributed by atoms with Crippen molar-refractivity contribution in [1.82, 2.24) is 14.7 Å². The molecular weight excluding hydrogens is 365 g/mol. The molecule has 7 nitrogen and oxygen atoms in total. The number of methoxy groups -OCH3 is 1. The van der Waals surface area contributed by atoms with Crippen LogP contribution in [0.2, 0.25) is 0 Å². The number of benzene rings is 1. The van der Waals surface area contributed by atoms with Gasteiger partial charge in [0.1, 0.15) is 5.82 Å². The van der Waals surface area contributed by atoms with Crippen LogP contribution in [0.5, 0.6) is 0 Å². The van der Waals surface area contributed by atoms with Gasteiger partial charge in [-0.2, -0.15) is 5.10 Å². The van der Waals surface area contributed by atoms with Crippen LogP contribution < -0.4 is 0 Å². The number of hydrogen-bond donors (Lipinski definition) is 1. The molecule has 0 aliphatic carbocycles. The van der Waals surface area contributed by atoms with E-state index in [-0.39, 0.29) is 18.0 Å². The molecule has 1 aliphatic rings. The highest BCUT2D eigenvalue weighted by molar-refractivity contribution is 5.90. The van der Waals surface area contributed by atoms with Gasteiger partial charge < -0.3 is 9.84 Å². The first-order valence-electron chi connectivity index (χ1n) is 9.16. The van der Waals surface area contributed by atoms with Crippen molar-refractivity contribution in [3.63, 3.8) is 0 Å². The van der Waals surface area contributed by atoms with Gasteiger partial charge in [-0.1, -0.05) is 0 Å². The number of carboxylic acid groups (broad SMARTS) is 1. The number of esters is 1. The van der Waals surface area contributed by atoms with Gasteiger partial charge >= 0.3 is 11.9 Å². The molecule has 0 amide bonds. The summed E-state index contributed by atoms with van der Waals surface area (Å²) in [5.74, 6) is -1.90. The molecular formula is C20H24FN3O4. The van der Waals surface area contributed by atoms with Crippen LogP contribution in [0.25, 0.3) is 0 Å². The molecule has 1 N–H and O–H groups in total. The minimum absolute atomic E-state index is 0.0534. The lowest BCUT2D eigenvalue weighted by atomic mass is 9.94. The predicted octanol–water partition coefficient (Wildman–Crippen LogP) is 2.46. The van der Waals surface area contributed by atoms with Crippen molar-refractivity contribution in [2.24, 2.45) is 0 Å². The average Bonchev–Trinajstić information content (AvgIpc) is 2.92. The number of rotatable bonds is 6. The van der Waals surface area contributed by atoms with E-state index in [0.29, 0.717) is 38.2 Å². The zero-order chi connectivity index (χ0) is 20.4. The molecule has 0 spiro atoms. The van der Waals surface area contributed by atoms with E-state index in [1.54, 1.807) is 0 Å². The third kappa shape index (κ3) is 4.06. The topological polar surface area (TPSA) is 84.7 Å². The fourth-order valence-electron chi connectivity index (χ4n) is 3.75. The van der Waals surface area contributed by atoms with E-state index in [0.717, 1.165) is 28.6 Å². The molecule has 150 valence electrons. The number of aromatic carboxylic acids is 1. The van der Waals surface area contributed by atoms with Crippen LogP contribution in [0.1, 0.15) is 44.9 Å². The van der Waals surface area contributed by atoms with Gasteiger partial charge in [0, 0.05) is 30.9 Å². The lowest BCUT2D eigenvalue weighted by molar-refractivity contribution is -0.140. The summed E-state index contributed by atoms with van der Waals surface area (Å²) in [5, 5.41) is 13.8. The molecule has 0 atom stereocenters. The number of ether oxygens (including phenoxy) is 1. The minimum Gasteiger partial charge on any atom is -0.478 e. The van der Waals surface area contributed by atoms with Crippen molar-refractivity contribution in [1.29, 1.82) is 0 Å². The Bertz CT molecular complexity index is 923. The highest BCUT2D eigenvalue weighted by Crippen LogP contribution is 2.26. The Morgan fingerprint density at radius 2 is 2.07 bits per heavy atom. The molecule has 2 aromatic rings. The van der Waals surface area contributed by atoms with Crippen molar-refractivity contribution >= 4 is 11.9 Å². The number of carbonyl (C=O) groups excluding carboxylic acids is 1. The third-order valence-corrected chi connectivity index (χ3v) is 5.28. The van der Waals surface area contributed by atoms with Gasteiger partial charge in [-0.05, 0) is 43.5 Å². The number of carbonyl (C=O) groups is 2. The quantitative estimate of drug-likeness (QED) is 0.764. The predicted molar refractivity (Wildman–Crippen MR) is 99.5 cm³/mol. The van der Waals surface area contributed by atoms with Crippen molar-refractivity contribution in [3.8, 4) is 0 Å². The summed E-state index contributed by atoms with van der Waals surface area (Å²) < 4.78 is 20.3. The minimum atomic E-state index is -1.09. The van der Waals surface area contributed by atoms with Crippen LogP contribution >= 0.6 is 0 Å². The molecule has 0 saturated carbocycles. The number of hydrogen-bond acceptors (Lipinski definition) is 5. The zero-order valence-corrected chi connectivity index (χ0v) is 16.3. The summed E-state index contributed by atoms with van der Waals surface area (Å²) in [4.78, 5) is 24.9. The molecule has 1 aromatic carbocycles. The number of aryl methyl sites for hydroxylation is 2. The maximum Gasteiger partial charge on any atom is 0.336 e. The van der Waals surface area contributed by atoms with E-state index in [4.69, 9.17) is 0 Å². The Morgan fingerprint density at radius 1 is 1.32 bits per heavy atom. The van der Waals surface area contributed by atoms with Crippen LogP contribution in [0.4, 0.5) is 4.39 Å². The summed E-state index contributed by atoms with van der Waals surface area (Å²) in [6.45, 7) is 6.15. The molecule has 28 heavy (non-hydrogen) atoms. The van der Waals surface area contributed by atoms with E-state index in [1.807, 2.05) is 18.5 Å². The number of carboxylic acids is 1. The SMILES string of the molecule is COC(=O)CCn1nc(C)c(CN2CCc3c(cc(F)cc3C(=O)O)C2)c1C. The smallest absolute Gasteiger partial charge is 0.336 e. The average molecular weight is 389 g/mol. The fourth-order valence-corrected chi connectivity index (χ4v) is 3.75. The molecule has 0 unspecified atom stereocenters. The lowest BCUT2D eigenvalue weighted by Crippen LogP contribution is -2.31.